The van der Waals surface area contributed by atoms with Crippen molar-refractivity contribution >= 4 is 33.5 Å². The van der Waals surface area contributed by atoms with Crippen LogP contribution in [-0.2, 0) is 19.4 Å². The van der Waals surface area contributed by atoms with Gasteiger partial charge in [-0.05, 0) is 18.6 Å². The molecule has 104 valence electrons. The second-order valence-corrected chi connectivity index (χ2v) is 7.84. The van der Waals surface area contributed by atoms with Crippen LogP contribution < -0.4 is 5.32 Å². The molecular weight excluding hydrogens is 278 g/mol. The van der Waals surface area contributed by atoms with Gasteiger partial charge >= 0.3 is 5.97 Å². The van der Waals surface area contributed by atoms with Gasteiger partial charge < -0.3 is 10.4 Å². The van der Waals surface area contributed by atoms with Crippen molar-refractivity contribution in [2.45, 2.75) is 24.8 Å². The minimum Gasteiger partial charge on any atom is -0.479 e. The monoisotopic (exact) mass is 295 g/mol. The molecule has 1 heterocycles. The van der Waals surface area contributed by atoms with E-state index >= 15 is 0 Å². The first-order valence-electron chi connectivity index (χ1n) is 5.55. The predicted molar refractivity (Wildman–Crippen MR) is 69.4 cm³/mol. The number of carboxylic acids is 1. The number of rotatable bonds is 6. The molecule has 0 spiro atoms. The van der Waals surface area contributed by atoms with Crippen molar-refractivity contribution in [2.75, 3.05) is 23.5 Å². The van der Waals surface area contributed by atoms with Gasteiger partial charge in [0.15, 0.2) is 0 Å². The van der Waals surface area contributed by atoms with E-state index in [1.54, 1.807) is 0 Å². The number of carbonyl (C=O) groups is 2. The van der Waals surface area contributed by atoms with Crippen molar-refractivity contribution in [3.05, 3.63) is 0 Å². The van der Waals surface area contributed by atoms with Crippen LogP contribution in [0.15, 0.2) is 0 Å². The maximum atomic E-state index is 11.6. The number of amides is 1. The third kappa shape index (κ3) is 4.49. The molecule has 0 bridgehead atoms. The average Bonchev–Trinajstić information content (AvgIpc) is 2.65. The summed E-state index contributed by atoms with van der Waals surface area (Å²) < 4.78 is 21.8. The molecular formula is C10H17NO5S2. The Morgan fingerprint density at radius 3 is 2.56 bits per heavy atom. The highest BCUT2D eigenvalue weighted by molar-refractivity contribution is 7.99. The normalized spacial score (nSPS) is 23.8. The van der Waals surface area contributed by atoms with Crippen molar-refractivity contribution < 1.29 is 23.1 Å². The molecule has 0 saturated carbocycles. The number of aliphatic carboxylic acids is 1. The fourth-order valence-electron chi connectivity index (χ4n) is 1.71. The van der Waals surface area contributed by atoms with Crippen LogP contribution in [0.25, 0.3) is 0 Å². The zero-order chi connectivity index (χ0) is 13.8. The molecule has 0 radical (unpaired) electrons. The average molecular weight is 295 g/mol. The summed E-state index contributed by atoms with van der Waals surface area (Å²) in [6.07, 6.45) is 1.77. The lowest BCUT2D eigenvalue weighted by molar-refractivity contribution is -0.146. The smallest absolute Gasteiger partial charge is 0.330 e. The van der Waals surface area contributed by atoms with Crippen LogP contribution in [0.3, 0.4) is 0 Å². The molecule has 0 aromatic rings. The van der Waals surface area contributed by atoms with E-state index in [4.69, 9.17) is 5.11 Å². The highest BCUT2D eigenvalue weighted by Crippen LogP contribution is 2.28. The maximum Gasteiger partial charge on any atom is 0.330 e. The van der Waals surface area contributed by atoms with Gasteiger partial charge in [0.05, 0.1) is 5.75 Å². The van der Waals surface area contributed by atoms with Gasteiger partial charge in [0.1, 0.15) is 15.4 Å². The fraction of sp³-hybridized carbons (Fsp3) is 0.800. The Morgan fingerprint density at radius 2 is 2.11 bits per heavy atom. The first-order chi connectivity index (χ1) is 8.25. The minimum absolute atomic E-state index is 0.0345. The minimum atomic E-state index is -3.08. The van der Waals surface area contributed by atoms with E-state index in [1.165, 1.54) is 11.8 Å². The summed E-state index contributed by atoms with van der Waals surface area (Å²) in [6.45, 7) is 0. The van der Waals surface area contributed by atoms with Gasteiger partial charge in [0.25, 0.3) is 0 Å². The van der Waals surface area contributed by atoms with E-state index in [0.717, 1.165) is 6.26 Å². The Hall–Kier alpha value is -0.760. The number of sulfone groups is 1. The maximum absolute atomic E-state index is 11.6. The van der Waals surface area contributed by atoms with Crippen molar-refractivity contribution in [1.82, 2.24) is 5.32 Å². The number of carboxylic acid groups (broad SMARTS) is 1. The second kappa shape index (κ2) is 5.92. The zero-order valence-corrected chi connectivity index (χ0v) is 11.8. The van der Waals surface area contributed by atoms with Crippen LogP contribution in [-0.4, -0.2) is 54.5 Å². The Kier molecular flexibility index (Phi) is 5.03. The van der Waals surface area contributed by atoms with E-state index in [9.17, 15) is 18.0 Å². The summed E-state index contributed by atoms with van der Waals surface area (Å²) >= 11 is 1.49. The number of hydrogen-bond acceptors (Lipinski definition) is 5. The van der Waals surface area contributed by atoms with Crippen molar-refractivity contribution in [2.24, 2.45) is 0 Å². The van der Waals surface area contributed by atoms with Crippen molar-refractivity contribution in [3.63, 3.8) is 0 Å². The summed E-state index contributed by atoms with van der Waals surface area (Å²) in [5.74, 6) is -0.418. The third-order valence-corrected chi connectivity index (χ3v) is 4.95. The quantitative estimate of drug-likeness (QED) is 0.709. The molecule has 0 aromatic carbocycles. The van der Waals surface area contributed by atoms with Gasteiger partial charge in [0.2, 0.25) is 5.91 Å². The number of nitrogens with one attached hydrogen (secondary N) is 1. The Morgan fingerprint density at radius 1 is 1.44 bits per heavy atom. The molecule has 1 fully saturated rings. The lowest BCUT2D eigenvalue weighted by Gasteiger charge is -2.24. The highest BCUT2D eigenvalue weighted by atomic mass is 32.2. The van der Waals surface area contributed by atoms with Crippen LogP contribution in [0.2, 0.25) is 0 Å². The number of carbonyl (C=O) groups excluding carboxylic acids is 1. The van der Waals surface area contributed by atoms with E-state index in [0.29, 0.717) is 17.9 Å². The first kappa shape index (κ1) is 15.3. The second-order valence-electron chi connectivity index (χ2n) is 4.47. The summed E-state index contributed by atoms with van der Waals surface area (Å²) in [4.78, 5) is 22.8. The van der Waals surface area contributed by atoms with Crippen LogP contribution in [0.4, 0.5) is 0 Å². The Labute approximate surface area is 110 Å². The van der Waals surface area contributed by atoms with Crippen LogP contribution in [0.5, 0.6) is 0 Å². The fourth-order valence-corrected chi connectivity index (χ4v) is 3.70. The molecule has 6 nitrogen and oxygen atoms in total. The van der Waals surface area contributed by atoms with Gasteiger partial charge in [0, 0.05) is 18.4 Å². The molecule has 1 aliphatic heterocycles. The van der Waals surface area contributed by atoms with Gasteiger partial charge in [-0.1, -0.05) is 0 Å². The molecule has 1 rings (SSSR count). The summed E-state index contributed by atoms with van der Waals surface area (Å²) in [5.41, 5.74) is -1.17. The molecule has 0 aliphatic carbocycles. The molecule has 0 aromatic heterocycles. The van der Waals surface area contributed by atoms with E-state index in [1.807, 2.05) is 0 Å². The zero-order valence-electron chi connectivity index (χ0n) is 10.1. The topological polar surface area (TPSA) is 101 Å². The van der Waals surface area contributed by atoms with Crippen LogP contribution in [0, 0.1) is 0 Å². The van der Waals surface area contributed by atoms with Crippen LogP contribution in [0.1, 0.15) is 19.3 Å². The standard InChI is InChI=1S/C10H17NO5S2/c1-18(15,16)6-2-3-8(12)11-10(9(13)14)4-5-17-7-10/h2-7H2,1H3,(H,11,12)(H,13,14). The molecule has 1 unspecified atom stereocenters. The van der Waals surface area contributed by atoms with Gasteiger partial charge in [-0.2, -0.15) is 11.8 Å². The van der Waals surface area contributed by atoms with Crippen molar-refractivity contribution in [1.29, 1.82) is 0 Å². The lowest BCUT2D eigenvalue weighted by Crippen LogP contribution is -2.54. The van der Waals surface area contributed by atoms with E-state index in [-0.39, 0.29) is 18.6 Å². The molecule has 1 amide bonds. The van der Waals surface area contributed by atoms with Gasteiger partial charge in [-0.25, -0.2) is 13.2 Å². The SMILES string of the molecule is CS(=O)(=O)CCCC(=O)NC1(C(=O)O)CCSC1. The number of hydrogen-bond donors (Lipinski definition) is 2. The predicted octanol–water partition coefficient (Wildman–Crippen LogP) is -0.112. The van der Waals surface area contributed by atoms with Gasteiger partial charge in [-0.15, -0.1) is 0 Å². The lowest BCUT2D eigenvalue weighted by atomic mass is 9.99. The Balaban J connectivity index is 2.46. The molecule has 1 aliphatic rings. The molecule has 18 heavy (non-hydrogen) atoms. The molecule has 1 atom stereocenters. The first-order valence-corrected chi connectivity index (χ1v) is 8.77. The Bertz CT molecular complexity index is 426. The summed E-state index contributed by atoms with van der Waals surface area (Å²) in [5, 5.41) is 11.7. The summed E-state index contributed by atoms with van der Waals surface area (Å²) in [6, 6.07) is 0. The molecule has 2 N–H and O–H groups in total. The van der Waals surface area contributed by atoms with Crippen LogP contribution >= 0.6 is 11.8 Å². The summed E-state index contributed by atoms with van der Waals surface area (Å²) in [7, 11) is -3.08. The van der Waals surface area contributed by atoms with E-state index < -0.39 is 27.3 Å². The molecule has 8 heteroatoms. The molecule has 1 saturated heterocycles. The highest BCUT2D eigenvalue weighted by Gasteiger charge is 2.43. The van der Waals surface area contributed by atoms with E-state index in [2.05, 4.69) is 5.32 Å². The van der Waals surface area contributed by atoms with Gasteiger partial charge in [-0.3, -0.25) is 4.79 Å². The number of thioether (sulfide) groups is 1. The third-order valence-electron chi connectivity index (χ3n) is 2.73. The largest absolute Gasteiger partial charge is 0.479 e. The van der Waals surface area contributed by atoms with Crippen molar-refractivity contribution in [3.8, 4) is 0 Å².